The van der Waals surface area contributed by atoms with Crippen LogP contribution in [0.25, 0.3) is 0 Å². The molecule has 6 atom stereocenters. The Hall–Kier alpha value is -2.70. The summed E-state index contributed by atoms with van der Waals surface area (Å²) in [6.45, 7) is 13.5. The van der Waals surface area contributed by atoms with E-state index >= 15 is 0 Å². The molecule has 290 valence electrons. The van der Waals surface area contributed by atoms with E-state index in [9.17, 15) is 32.4 Å². The molecule has 4 aliphatic rings. The van der Waals surface area contributed by atoms with Crippen LogP contribution in [0.1, 0.15) is 145 Å². The van der Waals surface area contributed by atoms with Crippen LogP contribution in [0.15, 0.2) is 0 Å². The van der Waals surface area contributed by atoms with Crippen molar-refractivity contribution in [2.45, 2.75) is 178 Å². The molecular weight excluding hydrogens is 671 g/mol. The Bertz CT molecular complexity index is 1400. The fourth-order valence-electron chi connectivity index (χ4n) is 8.92. The molecule has 13 heteroatoms. The van der Waals surface area contributed by atoms with Gasteiger partial charge in [0.05, 0.1) is 21.6 Å². The summed E-state index contributed by atoms with van der Waals surface area (Å²) in [4.78, 5) is 70.2. The molecule has 0 aromatic carbocycles. The van der Waals surface area contributed by atoms with E-state index in [-0.39, 0.29) is 23.2 Å². The first-order chi connectivity index (χ1) is 23.9. The van der Waals surface area contributed by atoms with Crippen molar-refractivity contribution in [3.05, 3.63) is 0 Å². The van der Waals surface area contributed by atoms with E-state index in [2.05, 4.69) is 35.1 Å². The van der Waals surface area contributed by atoms with Gasteiger partial charge in [-0.2, -0.15) is 0 Å². The molecule has 2 aliphatic heterocycles. The van der Waals surface area contributed by atoms with Crippen LogP contribution >= 0.6 is 0 Å². The van der Waals surface area contributed by atoms with Crippen molar-refractivity contribution in [3.8, 4) is 0 Å². The second kappa shape index (κ2) is 16.5. The third kappa shape index (κ3) is 9.10. The van der Waals surface area contributed by atoms with E-state index in [1.807, 2.05) is 6.92 Å². The second-order valence-electron chi connectivity index (χ2n) is 17.3. The Morgan fingerprint density at radius 3 is 2.08 bits per heavy atom. The largest absolute Gasteiger partial charge is 0.349 e. The highest BCUT2D eigenvalue weighted by molar-refractivity contribution is 7.93. The van der Waals surface area contributed by atoms with Crippen LogP contribution in [0.4, 0.5) is 4.79 Å². The Kier molecular flexibility index (Phi) is 13.3. The summed E-state index contributed by atoms with van der Waals surface area (Å²) in [6.07, 6.45) is 11.0. The molecule has 5 amide bonds. The van der Waals surface area contributed by atoms with Gasteiger partial charge in [-0.15, -0.1) is 0 Å². The number of carbonyl (C=O) groups is 5. The first kappa shape index (κ1) is 41.1. The molecule has 0 aromatic heterocycles. The fraction of sp³-hybridized carbons (Fsp3) is 0.868. The number of ketones is 1. The quantitative estimate of drug-likeness (QED) is 0.265. The minimum atomic E-state index is -3.63. The Morgan fingerprint density at radius 1 is 0.922 bits per heavy atom. The Balaban J connectivity index is 1.60. The zero-order valence-corrected chi connectivity index (χ0v) is 33.0. The van der Waals surface area contributed by atoms with Crippen LogP contribution < -0.4 is 21.3 Å². The lowest BCUT2D eigenvalue weighted by atomic mass is 9.79. The number of Topliss-reactive ketones (excluding diaryl/α,β-unsaturated/α-hetero) is 1. The number of amides is 5. The lowest BCUT2D eigenvalue weighted by Gasteiger charge is -2.44. The predicted molar refractivity (Wildman–Crippen MR) is 197 cm³/mol. The van der Waals surface area contributed by atoms with E-state index in [1.165, 1.54) is 0 Å². The summed E-state index contributed by atoms with van der Waals surface area (Å²) < 4.78 is 26.3. The average Bonchev–Trinajstić information content (AvgIpc) is 3.37. The Labute approximate surface area is 306 Å². The zero-order valence-electron chi connectivity index (χ0n) is 32.2. The number of sulfone groups is 1. The third-order valence-corrected chi connectivity index (χ3v) is 15.5. The number of hydrogen-bond donors (Lipinski definition) is 4. The summed E-state index contributed by atoms with van der Waals surface area (Å²) in [5.74, 6) is -2.21. The van der Waals surface area contributed by atoms with Crippen LogP contribution in [0.3, 0.4) is 0 Å². The molecule has 0 aromatic rings. The number of piperidine rings is 1. The maximum atomic E-state index is 14.5. The van der Waals surface area contributed by atoms with Crippen molar-refractivity contribution in [1.82, 2.24) is 26.2 Å². The number of nitrogens with zero attached hydrogens (tertiary/aromatic N) is 1. The van der Waals surface area contributed by atoms with Crippen molar-refractivity contribution in [1.29, 1.82) is 0 Å². The van der Waals surface area contributed by atoms with E-state index in [0.29, 0.717) is 58.0 Å². The molecule has 0 unspecified atom stereocenters. The number of urea groups is 1. The highest BCUT2D eigenvalue weighted by atomic mass is 32.2. The first-order valence-electron chi connectivity index (χ1n) is 19.6. The van der Waals surface area contributed by atoms with E-state index in [0.717, 1.165) is 51.4 Å². The van der Waals surface area contributed by atoms with Gasteiger partial charge in [0.25, 0.3) is 5.91 Å². The molecule has 12 nitrogen and oxygen atoms in total. The molecule has 4 fully saturated rings. The minimum absolute atomic E-state index is 0.0877. The number of nitrogens with one attached hydrogen (secondary N) is 4. The third-order valence-electron chi connectivity index (χ3n) is 12.4. The molecule has 4 N–H and O–H groups in total. The van der Waals surface area contributed by atoms with Gasteiger partial charge in [0.15, 0.2) is 9.84 Å². The van der Waals surface area contributed by atoms with Crippen LogP contribution in [0, 0.1) is 17.3 Å². The van der Waals surface area contributed by atoms with Crippen LogP contribution in [0.2, 0.25) is 0 Å². The lowest BCUT2D eigenvalue weighted by molar-refractivity contribution is -0.144. The molecule has 2 saturated carbocycles. The maximum absolute atomic E-state index is 14.5. The Morgan fingerprint density at radius 2 is 1.49 bits per heavy atom. The van der Waals surface area contributed by atoms with Gasteiger partial charge in [0.1, 0.15) is 12.1 Å². The van der Waals surface area contributed by atoms with Gasteiger partial charge in [-0.1, -0.05) is 85.0 Å². The standard InChI is InChI=1S/C38H65N5O7S/c1-8-23-39-33(46)31(44)27-19-15-12-10-9-11-13-16-20-28(34(47)43-24-26-29(37(26,6)7)30(43)32(45)40-27)41-35(48)42-38(21-17-14-18-22-38)25(2)51(49,50)36(3,4)5/h25-30H,8-24H2,1-7H3,(H,39,46)(H,40,45)(H2,41,42,48)/t25-,26+,27-,28-,29+,30+/m1/s1. The normalized spacial score (nSPS) is 29.5. The van der Waals surface area contributed by atoms with Crippen molar-refractivity contribution >= 4 is 39.4 Å². The summed E-state index contributed by atoms with van der Waals surface area (Å²) >= 11 is 0. The van der Waals surface area contributed by atoms with Crippen LogP contribution in [-0.4, -0.2) is 89.6 Å². The fourth-order valence-corrected chi connectivity index (χ4v) is 10.9. The van der Waals surface area contributed by atoms with Crippen LogP contribution in [0.5, 0.6) is 0 Å². The van der Waals surface area contributed by atoms with Gasteiger partial charge >= 0.3 is 6.03 Å². The highest BCUT2D eigenvalue weighted by Crippen LogP contribution is 2.65. The average molecular weight is 736 g/mol. The molecule has 2 aliphatic carbocycles. The van der Waals surface area contributed by atoms with Gasteiger partial charge in [0, 0.05) is 13.1 Å². The molecular formula is C38H65N5O7S. The van der Waals surface area contributed by atoms with Crippen LogP contribution in [-0.2, 0) is 29.0 Å². The first-order valence-corrected chi connectivity index (χ1v) is 21.2. The monoisotopic (exact) mass is 735 g/mol. The number of hydrogen-bond acceptors (Lipinski definition) is 7. The van der Waals surface area contributed by atoms with Crippen molar-refractivity contribution in [3.63, 3.8) is 0 Å². The molecule has 2 heterocycles. The van der Waals surface area contributed by atoms with Crippen molar-refractivity contribution in [2.75, 3.05) is 13.1 Å². The molecule has 2 saturated heterocycles. The van der Waals surface area contributed by atoms with Gasteiger partial charge in [0.2, 0.25) is 17.6 Å². The van der Waals surface area contributed by atoms with Gasteiger partial charge in [-0.05, 0) is 77.0 Å². The van der Waals surface area contributed by atoms with E-state index in [4.69, 9.17) is 0 Å². The van der Waals surface area contributed by atoms with Crippen molar-refractivity contribution in [2.24, 2.45) is 17.3 Å². The number of rotatable bonds is 8. The summed E-state index contributed by atoms with van der Waals surface area (Å²) in [6, 6.07) is -3.32. The SMILES string of the molecule is CCCNC(=O)C(=O)[C@H]1CCCCCCCCC[C@@H](NC(=O)NC2([C@@H](C)S(=O)(=O)C(C)(C)C)CCCCC2)C(=O)N2C[C@H]3[C@@H]([C@H]2C(=O)N1)C3(C)C. The summed E-state index contributed by atoms with van der Waals surface area (Å²) in [5.41, 5.74) is -1.15. The summed E-state index contributed by atoms with van der Waals surface area (Å²) in [7, 11) is -3.63. The van der Waals surface area contributed by atoms with E-state index in [1.54, 1.807) is 32.6 Å². The maximum Gasteiger partial charge on any atom is 0.315 e. The molecule has 0 bridgehead atoms. The molecule has 4 rings (SSSR count). The predicted octanol–water partition coefficient (Wildman–Crippen LogP) is 4.55. The zero-order chi connectivity index (χ0) is 37.8. The van der Waals surface area contributed by atoms with Gasteiger partial charge in [-0.25, -0.2) is 13.2 Å². The molecule has 51 heavy (non-hydrogen) atoms. The highest BCUT2D eigenvalue weighted by Gasteiger charge is 2.69. The van der Waals surface area contributed by atoms with E-state index < -0.39 is 67.1 Å². The smallest absolute Gasteiger partial charge is 0.315 e. The second-order valence-corrected chi connectivity index (χ2v) is 20.3. The minimum Gasteiger partial charge on any atom is -0.349 e. The lowest BCUT2D eigenvalue weighted by Crippen LogP contribution is -2.64. The summed E-state index contributed by atoms with van der Waals surface area (Å²) in [5, 5.41) is 10.7. The molecule has 0 spiro atoms. The topological polar surface area (TPSA) is 171 Å². The van der Waals surface area contributed by atoms with Gasteiger partial charge < -0.3 is 26.2 Å². The molecule has 0 radical (unpaired) electrons. The number of carbonyl (C=O) groups excluding carboxylic acids is 5. The van der Waals surface area contributed by atoms with Crippen molar-refractivity contribution < 1.29 is 32.4 Å². The van der Waals surface area contributed by atoms with Gasteiger partial charge in [-0.3, -0.25) is 19.2 Å². The number of fused-ring (bicyclic) bond motifs is 3.